The van der Waals surface area contributed by atoms with Crippen molar-refractivity contribution in [1.29, 1.82) is 0 Å². The van der Waals surface area contributed by atoms with Crippen molar-refractivity contribution in [2.24, 2.45) is 0 Å². The maximum atomic E-state index is 8.66. The average Bonchev–Trinajstić information content (AvgIpc) is 2.04. The molecule has 0 bridgehead atoms. The van der Waals surface area contributed by atoms with E-state index in [0.717, 1.165) is 0 Å². The standard InChI is InChI=1S/C6H12O6/c7-5(8)3-1-11-2-4(12-3)6(9)10/h3-10H,1-2H2/t3-,4-/m1/s1. The van der Waals surface area contributed by atoms with Crippen molar-refractivity contribution in [3.05, 3.63) is 0 Å². The highest BCUT2D eigenvalue weighted by Gasteiger charge is 2.30. The molecule has 1 saturated heterocycles. The minimum absolute atomic E-state index is 0.0425. The molecule has 0 radical (unpaired) electrons. The van der Waals surface area contributed by atoms with Crippen molar-refractivity contribution in [2.45, 2.75) is 24.8 Å². The van der Waals surface area contributed by atoms with Crippen LogP contribution in [-0.2, 0) is 9.47 Å². The van der Waals surface area contributed by atoms with Crippen LogP contribution < -0.4 is 0 Å². The summed E-state index contributed by atoms with van der Waals surface area (Å²) < 4.78 is 9.74. The van der Waals surface area contributed by atoms with Crippen molar-refractivity contribution in [1.82, 2.24) is 0 Å². The Morgan fingerprint density at radius 3 is 1.67 bits per heavy atom. The average molecular weight is 180 g/mol. The summed E-state index contributed by atoms with van der Waals surface area (Å²) in [6, 6.07) is 0. The van der Waals surface area contributed by atoms with Gasteiger partial charge in [-0.05, 0) is 0 Å². The molecule has 1 aliphatic heterocycles. The maximum absolute atomic E-state index is 8.66. The van der Waals surface area contributed by atoms with Crippen LogP contribution in [0.2, 0.25) is 0 Å². The number of hydrogen-bond acceptors (Lipinski definition) is 6. The summed E-state index contributed by atoms with van der Waals surface area (Å²) in [6.07, 6.45) is -5.14. The Bertz CT molecular complexity index is 122. The van der Waals surface area contributed by atoms with E-state index in [0.29, 0.717) is 0 Å². The third kappa shape index (κ3) is 2.37. The van der Waals surface area contributed by atoms with E-state index in [1.807, 2.05) is 0 Å². The van der Waals surface area contributed by atoms with E-state index < -0.39 is 24.8 Å². The normalized spacial score (nSPS) is 31.5. The molecule has 1 aliphatic rings. The van der Waals surface area contributed by atoms with Crippen molar-refractivity contribution in [2.75, 3.05) is 13.2 Å². The number of aliphatic hydroxyl groups is 4. The third-order valence-corrected chi connectivity index (χ3v) is 1.58. The van der Waals surface area contributed by atoms with Gasteiger partial charge in [0.1, 0.15) is 12.2 Å². The van der Waals surface area contributed by atoms with Crippen LogP contribution in [0, 0.1) is 0 Å². The molecule has 0 amide bonds. The van der Waals surface area contributed by atoms with Crippen LogP contribution in [0.25, 0.3) is 0 Å². The highest BCUT2D eigenvalue weighted by atomic mass is 16.6. The smallest absolute Gasteiger partial charge is 0.180 e. The van der Waals surface area contributed by atoms with Crippen LogP contribution in [0.5, 0.6) is 0 Å². The van der Waals surface area contributed by atoms with Crippen LogP contribution in [0.15, 0.2) is 0 Å². The first-order valence-corrected chi connectivity index (χ1v) is 3.56. The van der Waals surface area contributed by atoms with E-state index in [2.05, 4.69) is 0 Å². The topological polar surface area (TPSA) is 99.4 Å². The predicted octanol–water partition coefficient (Wildman–Crippen LogP) is -2.61. The van der Waals surface area contributed by atoms with E-state index in [1.165, 1.54) is 0 Å². The lowest BCUT2D eigenvalue weighted by atomic mass is 10.2. The Morgan fingerprint density at radius 1 is 0.917 bits per heavy atom. The highest BCUT2D eigenvalue weighted by molar-refractivity contribution is 4.70. The molecule has 1 rings (SSSR count). The van der Waals surface area contributed by atoms with Gasteiger partial charge in [-0.2, -0.15) is 0 Å². The van der Waals surface area contributed by atoms with Gasteiger partial charge in [-0.1, -0.05) is 0 Å². The highest BCUT2D eigenvalue weighted by Crippen LogP contribution is 2.11. The van der Waals surface area contributed by atoms with Crippen LogP contribution in [-0.4, -0.2) is 58.4 Å². The first-order valence-electron chi connectivity index (χ1n) is 3.56. The molecule has 0 aromatic carbocycles. The van der Waals surface area contributed by atoms with Crippen LogP contribution in [0.1, 0.15) is 0 Å². The van der Waals surface area contributed by atoms with E-state index in [4.69, 9.17) is 29.9 Å². The Morgan fingerprint density at radius 2 is 1.33 bits per heavy atom. The molecule has 12 heavy (non-hydrogen) atoms. The minimum Gasteiger partial charge on any atom is -0.376 e. The molecule has 6 nitrogen and oxygen atoms in total. The molecule has 4 N–H and O–H groups in total. The summed E-state index contributed by atoms with van der Waals surface area (Å²) in [6.45, 7) is 0.0851. The van der Waals surface area contributed by atoms with Gasteiger partial charge in [0.2, 0.25) is 0 Å². The Balaban J connectivity index is 2.40. The van der Waals surface area contributed by atoms with Gasteiger partial charge in [0.25, 0.3) is 0 Å². The van der Waals surface area contributed by atoms with Crippen molar-refractivity contribution < 1.29 is 29.9 Å². The van der Waals surface area contributed by atoms with Gasteiger partial charge >= 0.3 is 0 Å². The van der Waals surface area contributed by atoms with Crippen molar-refractivity contribution in [3.63, 3.8) is 0 Å². The fraction of sp³-hybridized carbons (Fsp3) is 1.00. The van der Waals surface area contributed by atoms with Crippen LogP contribution in [0.4, 0.5) is 0 Å². The number of hydrogen-bond donors (Lipinski definition) is 4. The molecule has 0 aromatic rings. The molecule has 1 fully saturated rings. The summed E-state index contributed by atoms with van der Waals surface area (Å²) in [5, 5.41) is 34.7. The fourth-order valence-electron chi connectivity index (χ4n) is 0.916. The third-order valence-electron chi connectivity index (χ3n) is 1.58. The molecular weight excluding hydrogens is 168 g/mol. The number of ether oxygens (including phenoxy) is 2. The quantitative estimate of drug-likeness (QED) is 0.347. The molecule has 0 spiro atoms. The lowest BCUT2D eigenvalue weighted by molar-refractivity contribution is -0.264. The molecule has 6 heteroatoms. The van der Waals surface area contributed by atoms with E-state index in [1.54, 1.807) is 0 Å². The molecule has 0 saturated carbocycles. The molecule has 2 atom stereocenters. The molecule has 1 heterocycles. The summed E-state index contributed by atoms with van der Waals surface area (Å²) in [4.78, 5) is 0. The van der Waals surface area contributed by atoms with Crippen LogP contribution in [0.3, 0.4) is 0 Å². The minimum atomic E-state index is -1.66. The van der Waals surface area contributed by atoms with E-state index in [-0.39, 0.29) is 13.2 Å². The molecule has 0 aromatic heterocycles. The van der Waals surface area contributed by atoms with E-state index in [9.17, 15) is 0 Å². The van der Waals surface area contributed by atoms with Gasteiger partial charge in [-0.3, -0.25) is 0 Å². The molecule has 0 unspecified atom stereocenters. The summed E-state index contributed by atoms with van der Waals surface area (Å²) in [7, 11) is 0. The first kappa shape index (κ1) is 9.85. The maximum Gasteiger partial charge on any atom is 0.180 e. The number of rotatable bonds is 2. The SMILES string of the molecule is OC(O)[C@H]1COC[C@H](C(O)O)O1. The van der Waals surface area contributed by atoms with Crippen molar-refractivity contribution in [3.8, 4) is 0 Å². The van der Waals surface area contributed by atoms with Crippen molar-refractivity contribution >= 4 is 0 Å². The van der Waals surface area contributed by atoms with Gasteiger partial charge in [0, 0.05) is 0 Å². The Labute approximate surface area is 69.0 Å². The lowest BCUT2D eigenvalue weighted by Gasteiger charge is -2.31. The van der Waals surface area contributed by atoms with Gasteiger partial charge in [-0.15, -0.1) is 0 Å². The molecule has 0 aliphatic carbocycles. The predicted molar refractivity (Wildman–Crippen MR) is 35.9 cm³/mol. The van der Waals surface area contributed by atoms with Gasteiger partial charge in [-0.25, -0.2) is 0 Å². The summed E-state index contributed by atoms with van der Waals surface area (Å²) in [5.41, 5.74) is 0. The lowest BCUT2D eigenvalue weighted by Crippen LogP contribution is -2.47. The van der Waals surface area contributed by atoms with Gasteiger partial charge < -0.3 is 29.9 Å². The molecular formula is C6H12O6. The Hall–Kier alpha value is -0.240. The largest absolute Gasteiger partial charge is 0.376 e. The summed E-state index contributed by atoms with van der Waals surface area (Å²) in [5.74, 6) is 0. The van der Waals surface area contributed by atoms with Gasteiger partial charge in [0.15, 0.2) is 12.6 Å². The fourth-order valence-corrected chi connectivity index (χ4v) is 0.916. The van der Waals surface area contributed by atoms with E-state index >= 15 is 0 Å². The second kappa shape index (κ2) is 4.13. The molecule has 72 valence electrons. The monoisotopic (exact) mass is 180 g/mol. The van der Waals surface area contributed by atoms with Gasteiger partial charge in [0.05, 0.1) is 13.2 Å². The van der Waals surface area contributed by atoms with Crippen LogP contribution >= 0.6 is 0 Å². The second-order valence-corrected chi connectivity index (χ2v) is 2.58. The zero-order chi connectivity index (χ0) is 9.14. The first-order chi connectivity index (χ1) is 5.61. The zero-order valence-corrected chi connectivity index (χ0v) is 6.33. The summed E-state index contributed by atoms with van der Waals surface area (Å²) >= 11 is 0. The second-order valence-electron chi connectivity index (χ2n) is 2.58. The zero-order valence-electron chi connectivity index (χ0n) is 6.33. The Kier molecular flexibility index (Phi) is 3.39. The number of aliphatic hydroxyl groups excluding tert-OH is 2.